The fourth-order valence-electron chi connectivity index (χ4n) is 2.20. The number of nitrogens with one attached hydrogen (secondary N) is 1. The van der Waals surface area contributed by atoms with Crippen LogP contribution in [-0.2, 0) is 6.54 Å². The van der Waals surface area contributed by atoms with Crippen LogP contribution in [0.5, 0.6) is 0 Å². The lowest BCUT2D eigenvalue weighted by molar-refractivity contribution is 0.0950. The number of aromatic nitrogens is 2. The molecule has 0 aliphatic heterocycles. The third-order valence-corrected chi connectivity index (χ3v) is 3.96. The predicted octanol–water partition coefficient (Wildman–Crippen LogP) is 4.38. The van der Waals surface area contributed by atoms with E-state index in [0.717, 1.165) is 11.3 Å². The zero-order chi connectivity index (χ0) is 16.9. The molecule has 3 aromatic rings. The van der Waals surface area contributed by atoms with Gasteiger partial charge in [0.1, 0.15) is 6.33 Å². The summed E-state index contributed by atoms with van der Waals surface area (Å²) < 4.78 is 0. The van der Waals surface area contributed by atoms with Crippen molar-refractivity contribution in [3.63, 3.8) is 0 Å². The maximum Gasteiger partial charge on any atom is 0.253 e. The zero-order valence-corrected chi connectivity index (χ0v) is 14.1. The van der Waals surface area contributed by atoms with Crippen LogP contribution < -0.4 is 5.32 Å². The molecule has 2 aromatic carbocycles. The van der Waals surface area contributed by atoms with Crippen molar-refractivity contribution in [1.29, 1.82) is 0 Å². The van der Waals surface area contributed by atoms with Crippen molar-refractivity contribution in [2.24, 2.45) is 0 Å². The topological polar surface area (TPSA) is 54.9 Å². The Kier molecular flexibility index (Phi) is 5.08. The highest BCUT2D eigenvalue weighted by Gasteiger charge is 2.11. The van der Waals surface area contributed by atoms with Gasteiger partial charge in [0.2, 0.25) is 0 Å². The Morgan fingerprint density at radius 1 is 1.00 bits per heavy atom. The molecule has 24 heavy (non-hydrogen) atoms. The Balaban J connectivity index is 1.73. The number of hydrogen-bond acceptors (Lipinski definition) is 3. The second-order valence-electron chi connectivity index (χ2n) is 5.07. The van der Waals surface area contributed by atoms with E-state index >= 15 is 0 Å². The lowest BCUT2D eigenvalue weighted by Gasteiger charge is -2.08. The van der Waals surface area contributed by atoms with E-state index in [0.29, 0.717) is 21.3 Å². The van der Waals surface area contributed by atoms with Gasteiger partial charge in [-0.1, -0.05) is 53.5 Å². The van der Waals surface area contributed by atoms with Crippen LogP contribution >= 0.6 is 23.2 Å². The van der Waals surface area contributed by atoms with Gasteiger partial charge in [-0.25, -0.2) is 9.97 Å². The van der Waals surface area contributed by atoms with Crippen LogP contribution in [0.3, 0.4) is 0 Å². The van der Waals surface area contributed by atoms with Gasteiger partial charge in [0.15, 0.2) is 0 Å². The molecule has 1 aromatic heterocycles. The van der Waals surface area contributed by atoms with Crippen molar-refractivity contribution >= 4 is 29.1 Å². The summed E-state index contributed by atoms with van der Waals surface area (Å²) in [5.74, 6) is -0.303. The zero-order valence-electron chi connectivity index (χ0n) is 12.5. The molecule has 4 nitrogen and oxygen atoms in total. The fraction of sp³-hybridized carbons (Fsp3) is 0.0556. The maximum absolute atomic E-state index is 12.2. The first-order valence-electron chi connectivity index (χ1n) is 7.23. The Bertz CT molecular complexity index is 869. The SMILES string of the molecule is O=C(NCc1cc(-c2ccccc2)ncn1)c1cc(Cl)ccc1Cl. The normalized spacial score (nSPS) is 10.4. The number of amides is 1. The summed E-state index contributed by atoms with van der Waals surface area (Å²) in [4.78, 5) is 20.7. The van der Waals surface area contributed by atoms with Crippen LogP contribution in [0.2, 0.25) is 10.0 Å². The van der Waals surface area contributed by atoms with Gasteiger partial charge in [-0.05, 0) is 24.3 Å². The van der Waals surface area contributed by atoms with Crippen LogP contribution in [0.1, 0.15) is 16.1 Å². The first-order valence-corrected chi connectivity index (χ1v) is 7.98. The summed E-state index contributed by atoms with van der Waals surface area (Å²) in [5.41, 5.74) is 2.83. The molecular formula is C18H13Cl2N3O. The lowest BCUT2D eigenvalue weighted by atomic mass is 10.1. The summed E-state index contributed by atoms with van der Waals surface area (Å²) in [6.45, 7) is 0.268. The summed E-state index contributed by atoms with van der Waals surface area (Å²) in [6, 6.07) is 16.4. The highest BCUT2D eigenvalue weighted by molar-refractivity contribution is 6.35. The van der Waals surface area contributed by atoms with Crippen molar-refractivity contribution in [2.75, 3.05) is 0 Å². The third kappa shape index (κ3) is 3.91. The molecule has 0 radical (unpaired) electrons. The lowest BCUT2D eigenvalue weighted by Crippen LogP contribution is -2.23. The minimum Gasteiger partial charge on any atom is -0.346 e. The van der Waals surface area contributed by atoms with E-state index in [-0.39, 0.29) is 12.5 Å². The molecule has 0 aliphatic carbocycles. The molecule has 1 heterocycles. The van der Waals surface area contributed by atoms with Crippen LogP contribution in [-0.4, -0.2) is 15.9 Å². The van der Waals surface area contributed by atoms with Crippen LogP contribution in [0.15, 0.2) is 60.9 Å². The van der Waals surface area contributed by atoms with Crippen LogP contribution in [0, 0.1) is 0 Å². The molecule has 1 amide bonds. The minimum absolute atomic E-state index is 0.268. The molecule has 0 spiro atoms. The second-order valence-corrected chi connectivity index (χ2v) is 5.91. The number of rotatable bonds is 4. The molecule has 6 heteroatoms. The highest BCUT2D eigenvalue weighted by Crippen LogP contribution is 2.21. The van der Waals surface area contributed by atoms with Gasteiger partial charge in [-0.15, -0.1) is 0 Å². The molecule has 3 rings (SSSR count). The van der Waals surface area contributed by atoms with Gasteiger partial charge in [0.05, 0.1) is 28.5 Å². The van der Waals surface area contributed by atoms with E-state index in [2.05, 4.69) is 15.3 Å². The fourth-order valence-corrected chi connectivity index (χ4v) is 2.57. The molecule has 0 saturated heterocycles. The summed E-state index contributed by atoms with van der Waals surface area (Å²) >= 11 is 11.9. The molecular weight excluding hydrogens is 345 g/mol. The Morgan fingerprint density at radius 2 is 1.79 bits per heavy atom. The largest absolute Gasteiger partial charge is 0.346 e. The number of hydrogen-bond donors (Lipinski definition) is 1. The first-order chi connectivity index (χ1) is 11.6. The Labute approximate surface area is 149 Å². The third-order valence-electron chi connectivity index (χ3n) is 3.40. The average Bonchev–Trinajstić information content (AvgIpc) is 2.63. The number of carbonyl (C=O) groups excluding carboxylic acids is 1. The van der Waals surface area contributed by atoms with E-state index < -0.39 is 0 Å². The van der Waals surface area contributed by atoms with Gasteiger partial charge < -0.3 is 5.32 Å². The number of halogens is 2. The summed E-state index contributed by atoms with van der Waals surface area (Å²) in [5, 5.41) is 3.60. The van der Waals surface area contributed by atoms with Gasteiger partial charge in [0, 0.05) is 10.6 Å². The molecule has 120 valence electrons. The van der Waals surface area contributed by atoms with Gasteiger partial charge in [-0.3, -0.25) is 4.79 Å². The van der Waals surface area contributed by atoms with E-state index in [1.54, 1.807) is 12.1 Å². The quantitative estimate of drug-likeness (QED) is 0.753. The van der Waals surface area contributed by atoms with E-state index in [4.69, 9.17) is 23.2 Å². The monoisotopic (exact) mass is 357 g/mol. The molecule has 0 atom stereocenters. The van der Waals surface area contributed by atoms with Gasteiger partial charge in [0.25, 0.3) is 5.91 Å². The maximum atomic E-state index is 12.2. The van der Waals surface area contributed by atoms with E-state index in [1.807, 2.05) is 36.4 Å². The molecule has 0 fully saturated rings. The molecule has 0 aliphatic rings. The van der Waals surface area contributed by atoms with Crippen molar-refractivity contribution in [3.8, 4) is 11.3 Å². The van der Waals surface area contributed by atoms with Crippen molar-refractivity contribution in [2.45, 2.75) is 6.54 Å². The predicted molar refractivity (Wildman–Crippen MR) is 95.1 cm³/mol. The van der Waals surface area contributed by atoms with Crippen molar-refractivity contribution in [1.82, 2.24) is 15.3 Å². The molecule has 0 unspecified atom stereocenters. The van der Waals surface area contributed by atoms with Crippen molar-refractivity contribution < 1.29 is 4.79 Å². The van der Waals surface area contributed by atoms with Gasteiger partial charge >= 0.3 is 0 Å². The van der Waals surface area contributed by atoms with Crippen molar-refractivity contribution in [3.05, 3.63) is 82.2 Å². The second kappa shape index (κ2) is 7.43. The number of nitrogens with zero attached hydrogens (tertiary/aromatic N) is 2. The van der Waals surface area contributed by atoms with E-state index in [1.165, 1.54) is 12.4 Å². The van der Waals surface area contributed by atoms with E-state index in [9.17, 15) is 4.79 Å². The smallest absolute Gasteiger partial charge is 0.253 e. The first kappa shape index (κ1) is 16.4. The molecule has 0 bridgehead atoms. The summed E-state index contributed by atoms with van der Waals surface area (Å²) in [7, 11) is 0. The number of benzene rings is 2. The average molecular weight is 358 g/mol. The van der Waals surface area contributed by atoms with Crippen LogP contribution in [0.25, 0.3) is 11.3 Å². The Hall–Kier alpha value is -2.43. The Morgan fingerprint density at radius 3 is 2.58 bits per heavy atom. The summed E-state index contributed by atoms with van der Waals surface area (Å²) in [6.07, 6.45) is 1.48. The number of carbonyl (C=O) groups is 1. The minimum atomic E-state index is -0.303. The van der Waals surface area contributed by atoms with Crippen LogP contribution in [0.4, 0.5) is 0 Å². The molecule has 1 N–H and O–H groups in total. The standard InChI is InChI=1S/C18H13Cl2N3O/c19-13-6-7-16(20)15(8-13)18(24)21-10-14-9-17(23-11-22-14)12-4-2-1-3-5-12/h1-9,11H,10H2,(H,21,24). The molecule has 0 saturated carbocycles. The highest BCUT2D eigenvalue weighted by atomic mass is 35.5. The van der Waals surface area contributed by atoms with Gasteiger partial charge in [-0.2, -0.15) is 0 Å².